The Morgan fingerprint density at radius 3 is 2.71 bits per heavy atom. The molecule has 0 fully saturated rings. The number of carbonyl (C=O) groups excluding carboxylic acids is 1. The Labute approximate surface area is 85.8 Å². The molecule has 0 radical (unpaired) electrons. The molecule has 0 aliphatic carbocycles. The Bertz CT molecular complexity index is 434. The van der Waals surface area contributed by atoms with Crippen LogP contribution in [0.2, 0.25) is 0 Å². The molecule has 14 heavy (non-hydrogen) atoms. The van der Waals surface area contributed by atoms with E-state index in [2.05, 4.69) is 9.46 Å². The van der Waals surface area contributed by atoms with Crippen molar-refractivity contribution < 1.29 is 17.9 Å². The van der Waals surface area contributed by atoms with Crippen LogP contribution < -0.4 is 4.72 Å². The molecule has 0 bridgehead atoms. The number of sulfonamides is 1. The SMILES string of the molecule is COC(=O)c1cc(NS(C)(=O)=O)cs1. The van der Waals surface area contributed by atoms with Gasteiger partial charge < -0.3 is 4.74 Å². The summed E-state index contributed by atoms with van der Waals surface area (Å²) in [7, 11) is -2.02. The molecule has 78 valence electrons. The summed E-state index contributed by atoms with van der Waals surface area (Å²) in [6.45, 7) is 0. The molecule has 0 aliphatic rings. The van der Waals surface area contributed by atoms with E-state index in [-0.39, 0.29) is 0 Å². The summed E-state index contributed by atoms with van der Waals surface area (Å²) >= 11 is 1.12. The summed E-state index contributed by atoms with van der Waals surface area (Å²) in [5.74, 6) is -0.475. The predicted octanol–water partition coefficient (Wildman–Crippen LogP) is 0.906. The first-order valence-corrected chi connectivity index (χ1v) is 6.34. The molecule has 1 aromatic heterocycles. The zero-order valence-electron chi connectivity index (χ0n) is 7.60. The van der Waals surface area contributed by atoms with Crippen LogP contribution in [0.5, 0.6) is 0 Å². The van der Waals surface area contributed by atoms with Crippen LogP contribution in [0.4, 0.5) is 5.69 Å². The fourth-order valence-corrected chi connectivity index (χ4v) is 2.19. The average molecular weight is 235 g/mol. The summed E-state index contributed by atoms with van der Waals surface area (Å²) in [6.07, 6.45) is 1.04. The van der Waals surface area contributed by atoms with Crippen molar-refractivity contribution in [1.29, 1.82) is 0 Å². The van der Waals surface area contributed by atoms with Gasteiger partial charge in [-0.1, -0.05) is 0 Å². The molecule has 0 aromatic carbocycles. The van der Waals surface area contributed by atoms with Crippen LogP contribution in [-0.4, -0.2) is 27.8 Å². The van der Waals surface area contributed by atoms with Crippen molar-refractivity contribution in [3.05, 3.63) is 16.3 Å². The highest BCUT2D eigenvalue weighted by Gasteiger charge is 2.10. The standard InChI is InChI=1S/C7H9NO4S2/c1-12-7(9)6-3-5(4-13-6)8-14(2,10)11/h3-4,8H,1-2H3. The van der Waals surface area contributed by atoms with E-state index in [1.165, 1.54) is 18.6 Å². The van der Waals surface area contributed by atoms with E-state index in [1.54, 1.807) is 0 Å². The van der Waals surface area contributed by atoms with Crippen LogP contribution >= 0.6 is 11.3 Å². The van der Waals surface area contributed by atoms with Gasteiger partial charge in [0.2, 0.25) is 10.0 Å². The van der Waals surface area contributed by atoms with Gasteiger partial charge in [0, 0.05) is 5.38 Å². The number of methoxy groups -OCH3 is 1. The average Bonchev–Trinajstić information content (AvgIpc) is 2.48. The van der Waals surface area contributed by atoms with Crippen LogP contribution in [-0.2, 0) is 14.8 Å². The zero-order chi connectivity index (χ0) is 10.8. The second-order valence-corrected chi connectivity index (χ2v) is 5.23. The first kappa shape index (κ1) is 11.0. The second kappa shape index (κ2) is 3.97. The Hall–Kier alpha value is -1.08. The van der Waals surface area contributed by atoms with Gasteiger partial charge in [0.05, 0.1) is 19.1 Å². The third-order valence-corrected chi connectivity index (χ3v) is 2.81. The molecule has 0 amide bonds. The first-order chi connectivity index (χ1) is 6.42. The van der Waals surface area contributed by atoms with Crippen molar-refractivity contribution in [3.63, 3.8) is 0 Å². The first-order valence-electron chi connectivity index (χ1n) is 3.57. The van der Waals surface area contributed by atoms with Crippen LogP contribution in [0, 0.1) is 0 Å². The number of esters is 1. The number of hydrogen-bond acceptors (Lipinski definition) is 5. The molecule has 0 atom stereocenters. The van der Waals surface area contributed by atoms with Crippen molar-refractivity contribution in [2.75, 3.05) is 18.1 Å². The third kappa shape index (κ3) is 3.00. The predicted molar refractivity (Wildman–Crippen MR) is 54.1 cm³/mol. The molecule has 1 aromatic rings. The van der Waals surface area contributed by atoms with E-state index in [0.29, 0.717) is 10.6 Å². The Kier molecular flexibility index (Phi) is 3.12. The highest BCUT2D eigenvalue weighted by atomic mass is 32.2. The maximum Gasteiger partial charge on any atom is 0.348 e. The topological polar surface area (TPSA) is 72.5 Å². The summed E-state index contributed by atoms with van der Waals surface area (Å²) in [5, 5.41) is 1.54. The fraction of sp³-hybridized carbons (Fsp3) is 0.286. The van der Waals surface area contributed by atoms with Gasteiger partial charge in [-0.3, -0.25) is 4.72 Å². The molecular weight excluding hydrogens is 226 g/mol. The number of rotatable bonds is 3. The number of nitrogens with one attached hydrogen (secondary N) is 1. The zero-order valence-corrected chi connectivity index (χ0v) is 9.24. The smallest absolute Gasteiger partial charge is 0.348 e. The van der Waals surface area contributed by atoms with Crippen molar-refractivity contribution in [3.8, 4) is 0 Å². The lowest BCUT2D eigenvalue weighted by Gasteiger charge is -1.97. The van der Waals surface area contributed by atoms with Crippen molar-refractivity contribution in [2.24, 2.45) is 0 Å². The van der Waals surface area contributed by atoms with Gasteiger partial charge in [0.25, 0.3) is 0 Å². The lowest BCUT2D eigenvalue weighted by molar-refractivity contribution is 0.0606. The third-order valence-electron chi connectivity index (χ3n) is 1.29. The lowest BCUT2D eigenvalue weighted by Crippen LogP contribution is -2.08. The summed E-state index contributed by atoms with van der Waals surface area (Å²) < 4.78 is 28.4. The molecule has 7 heteroatoms. The highest BCUT2D eigenvalue weighted by Crippen LogP contribution is 2.20. The van der Waals surface area contributed by atoms with Crippen LogP contribution in [0.3, 0.4) is 0 Å². The number of carbonyl (C=O) groups is 1. The number of anilines is 1. The molecule has 1 rings (SSSR count). The lowest BCUT2D eigenvalue weighted by atomic mass is 10.4. The van der Waals surface area contributed by atoms with Crippen LogP contribution in [0.15, 0.2) is 11.4 Å². The fourth-order valence-electron chi connectivity index (χ4n) is 0.811. The Morgan fingerprint density at radius 2 is 2.21 bits per heavy atom. The Morgan fingerprint density at radius 1 is 1.57 bits per heavy atom. The molecular formula is C7H9NO4S2. The molecule has 0 aliphatic heterocycles. The van der Waals surface area contributed by atoms with E-state index in [4.69, 9.17) is 0 Å². The maximum atomic E-state index is 11.0. The summed E-state index contributed by atoms with van der Waals surface area (Å²) in [4.78, 5) is 11.4. The van der Waals surface area contributed by atoms with Gasteiger partial charge in [0.1, 0.15) is 4.88 Å². The molecule has 1 heterocycles. The maximum absolute atomic E-state index is 11.0. The molecule has 1 N–H and O–H groups in total. The van der Waals surface area contributed by atoms with E-state index in [9.17, 15) is 13.2 Å². The molecule has 0 spiro atoms. The molecule has 0 saturated heterocycles. The minimum atomic E-state index is -3.29. The summed E-state index contributed by atoms with van der Waals surface area (Å²) in [5.41, 5.74) is 0.373. The van der Waals surface area contributed by atoms with Gasteiger partial charge in [-0.2, -0.15) is 0 Å². The minimum absolute atomic E-state index is 0.360. The molecule has 0 saturated carbocycles. The molecule has 5 nitrogen and oxygen atoms in total. The van der Waals surface area contributed by atoms with E-state index in [0.717, 1.165) is 17.6 Å². The van der Waals surface area contributed by atoms with E-state index < -0.39 is 16.0 Å². The van der Waals surface area contributed by atoms with Gasteiger partial charge >= 0.3 is 5.97 Å². The monoisotopic (exact) mass is 235 g/mol. The molecule has 0 unspecified atom stereocenters. The quantitative estimate of drug-likeness (QED) is 0.790. The van der Waals surface area contributed by atoms with Gasteiger partial charge in [-0.05, 0) is 6.07 Å². The second-order valence-electron chi connectivity index (χ2n) is 2.57. The Balaban J connectivity index is 2.84. The van der Waals surface area contributed by atoms with Gasteiger partial charge in [-0.25, -0.2) is 13.2 Å². The van der Waals surface area contributed by atoms with Crippen molar-refractivity contribution in [2.45, 2.75) is 0 Å². The number of thiophene rings is 1. The van der Waals surface area contributed by atoms with E-state index in [1.807, 2.05) is 0 Å². The van der Waals surface area contributed by atoms with Crippen molar-refractivity contribution >= 4 is 33.0 Å². The number of ether oxygens (including phenoxy) is 1. The van der Waals surface area contributed by atoms with Gasteiger partial charge in [0.15, 0.2) is 0 Å². The highest BCUT2D eigenvalue weighted by molar-refractivity contribution is 7.92. The number of hydrogen-bond donors (Lipinski definition) is 1. The normalized spacial score (nSPS) is 11.0. The largest absolute Gasteiger partial charge is 0.465 e. The van der Waals surface area contributed by atoms with Crippen LogP contribution in [0.25, 0.3) is 0 Å². The van der Waals surface area contributed by atoms with Crippen LogP contribution in [0.1, 0.15) is 9.67 Å². The summed E-state index contributed by atoms with van der Waals surface area (Å²) in [6, 6.07) is 1.43. The minimum Gasteiger partial charge on any atom is -0.465 e. The van der Waals surface area contributed by atoms with Gasteiger partial charge in [-0.15, -0.1) is 11.3 Å². The van der Waals surface area contributed by atoms with Crippen molar-refractivity contribution in [1.82, 2.24) is 0 Å². The van der Waals surface area contributed by atoms with E-state index >= 15 is 0 Å².